The van der Waals surface area contributed by atoms with Crippen LogP contribution in [0.3, 0.4) is 0 Å². The fraction of sp³-hybridized carbons (Fsp3) is 0.467. The predicted octanol–water partition coefficient (Wildman–Crippen LogP) is 2.57. The summed E-state index contributed by atoms with van der Waals surface area (Å²) in [5.74, 6) is 0.721. The second kappa shape index (κ2) is 5.72. The molecule has 1 fully saturated rings. The van der Waals surface area contributed by atoms with Crippen LogP contribution in [-0.4, -0.2) is 37.4 Å². The molecular formula is C15H21FN2O. The van der Waals surface area contributed by atoms with Gasteiger partial charge in [0.05, 0.1) is 13.1 Å². The van der Waals surface area contributed by atoms with E-state index in [0.29, 0.717) is 13.1 Å². The van der Waals surface area contributed by atoms with Crippen molar-refractivity contribution in [1.29, 1.82) is 0 Å². The summed E-state index contributed by atoms with van der Waals surface area (Å²) in [5, 5.41) is 1.82. The van der Waals surface area contributed by atoms with Crippen LogP contribution in [0.2, 0.25) is 0 Å². The Morgan fingerprint density at radius 1 is 1.47 bits per heavy atom. The molecule has 1 aromatic rings. The maximum absolute atomic E-state index is 14.1. The van der Waals surface area contributed by atoms with Crippen molar-refractivity contribution >= 4 is 6.08 Å². The molecule has 0 amide bonds. The maximum atomic E-state index is 14.1. The Morgan fingerprint density at radius 2 is 2.21 bits per heavy atom. The first-order chi connectivity index (χ1) is 9.06. The third-order valence-corrected chi connectivity index (χ3v) is 3.36. The molecule has 1 aliphatic heterocycles. The molecule has 0 unspecified atom stereocenters. The van der Waals surface area contributed by atoms with Crippen molar-refractivity contribution in [2.75, 3.05) is 26.7 Å². The highest BCUT2D eigenvalue weighted by atomic mass is 19.1. The van der Waals surface area contributed by atoms with Gasteiger partial charge < -0.3 is 4.74 Å². The van der Waals surface area contributed by atoms with E-state index >= 15 is 0 Å². The minimum Gasteiger partial charge on any atom is -0.490 e. The van der Waals surface area contributed by atoms with Crippen molar-refractivity contribution in [2.45, 2.75) is 19.5 Å². The van der Waals surface area contributed by atoms with E-state index in [2.05, 4.69) is 5.43 Å². The Labute approximate surface area is 114 Å². The molecule has 1 heterocycles. The number of ether oxygens (including phenoxy) is 1. The van der Waals surface area contributed by atoms with Gasteiger partial charge in [0.2, 0.25) is 0 Å². The van der Waals surface area contributed by atoms with Crippen LogP contribution in [0.5, 0.6) is 5.75 Å². The van der Waals surface area contributed by atoms with Crippen molar-refractivity contribution < 1.29 is 9.13 Å². The predicted molar refractivity (Wildman–Crippen MR) is 75.9 cm³/mol. The van der Waals surface area contributed by atoms with E-state index in [1.807, 2.05) is 49.2 Å². The number of hydrazine groups is 1. The van der Waals surface area contributed by atoms with Crippen LogP contribution in [0.1, 0.15) is 18.1 Å². The van der Waals surface area contributed by atoms with Gasteiger partial charge in [0.15, 0.2) is 5.67 Å². The van der Waals surface area contributed by atoms with E-state index in [1.165, 1.54) is 5.56 Å². The SMILES string of the molecule is C/C=C\c1cc(OCC2(F)CN(NC)C2)ccc1C. The van der Waals surface area contributed by atoms with Crippen molar-refractivity contribution in [1.82, 2.24) is 10.4 Å². The zero-order valence-corrected chi connectivity index (χ0v) is 11.7. The van der Waals surface area contributed by atoms with Gasteiger partial charge >= 0.3 is 0 Å². The number of hydrogen-bond donors (Lipinski definition) is 1. The fourth-order valence-electron chi connectivity index (χ4n) is 2.17. The minimum atomic E-state index is -1.24. The summed E-state index contributed by atoms with van der Waals surface area (Å²) < 4.78 is 19.7. The van der Waals surface area contributed by atoms with Gasteiger partial charge in [0.1, 0.15) is 12.4 Å². The van der Waals surface area contributed by atoms with Gasteiger partial charge in [-0.15, -0.1) is 0 Å². The first-order valence-corrected chi connectivity index (χ1v) is 6.54. The van der Waals surface area contributed by atoms with Gasteiger partial charge in [0, 0.05) is 0 Å². The molecule has 104 valence electrons. The van der Waals surface area contributed by atoms with E-state index in [-0.39, 0.29) is 6.61 Å². The number of aryl methyl sites for hydroxylation is 1. The van der Waals surface area contributed by atoms with Crippen molar-refractivity contribution in [3.05, 3.63) is 35.4 Å². The van der Waals surface area contributed by atoms with Crippen LogP contribution in [0.4, 0.5) is 4.39 Å². The molecule has 0 spiro atoms. The lowest BCUT2D eigenvalue weighted by atomic mass is 10.00. The van der Waals surface area contributed by atoms with E-state index in [9.17, 15) is 4.39 Å². The maximum Gasteiger partial charge on any atom is 0.172 e. The summed E-state index contributed by atoms with van der Waals surface area (Å²) in [7, 11) is 1.80. The molecule has 19 heavy (non-hydrogen) atoms. The number of allylic oxidation sites excluding steroid dienone is 1. The van der Waals surface area contributed by atoms with E-state index in [4.69, 9.17) is 4.74 Å². The third-order valence-electron chi connectivity index (χ3n) is 3.36. The molecule has 1 aliphatic rings. The Balaban J connectivity index is 1.95. The van der Waals surface area contributed by atoms with Gasteiger partial charge in [-0.25, -0.2) is 9.40 Å². The molecule has 0 bridgehead atoms. The summed E-state index contributed by atoms with van der Waals surface area (Å²) in [5.41, 5.74) is 3.97. The van der Waals surface area contributed by atoms with Crippen LogP contribution in [-0.2, 0) is 0 Å². The number of benzene rings is 1. The number of nitrogens with zero attached hydrogens (tertiary/aromatic N) is 1. The zero-order chi connectivity index (χ0) is 13.9. The standard InChI is InChI=1S/C15H21FN2O/c1-4-5-13-8-14(7-6-12(13)2)19-11-15(16)9-18(10-15)17-3/h4-8,17H,9-11H2,1-3H3/b5-4-. The Hall–Kier alpha value is -1.39. The topological polar surface area (TPSA) is 24.5 Å². The Bertz CT molecular complexity index is 467. The van der Waals surface area contributed by atoms with E-state index < -0.39 is 5.67 Å². The lowest BCUT2D eigenvalue weighted by Crippen LogP contribution is -2.65. The molecule has 1 saturated heterocycles. The quantitative estimate of drug-likeness (QED) is 0.884. The average molecular weight is 264 g/mol. The third kappa shape index (κ3) is 3.33. The largest absolute Gasteiger partial charge is 0.490 e. The van der Waals surface area contributed by atoms with Crippen LogP contribution >= 0.6 is 0 Å². The van der Waals surface area contributed by atoms with Gasteiger partial charge in [0.25, 0.3) is 0 Å². The van der Waals surface area contributed by atoms with Crippen molar-refractivity contribution in [2.24, 2.45) is 0 Å². The molecule has 2 rings (SSSR count). The average Bonchev–Trinajstić information content (AvgIpc) is 2.36. The van der Waals surface area contributed by atoms with Gasteiger partial charge in [-0.3, -0.25) is 5.43 Å². The van der Waals surface area contributed by atoms with E-state index in [0.717, 1.165) is 11.3 Å². The number of alkyl halides is 1. The smallest absolute Gasteiger partial charge is 0.172 e. The van der Waals surface area contributed by atoms with E-state index in [1.54, 1.807) is 7.05 Å². The zero-order valence-electron chi connectivity index (χ0n) is 11.7. The van der Waals surface area contributed by atoms with Crippen LogP contribution in [0, 0.1) is 6.92 Å². The highest BCUT2D eigenvalue weighted by Crippen LogP contribution is 2.26. The molecule has 0 atom stereocenters. The van der Waals surface area contributed by atoms with Gasteiger partial charge in [-0.2, -0.15) is 0 Å². The summed E-state index contributed by atoms with van der Waals surface area (Å²) in [4.78, 5) is 0. The second-order valence-corrected chi connectivity index (χ2v) is 5.04. The first-order valence-electron chi connectivity index (χ1n) is 6.54. The van der Waals surface area contributed by atoms with Crippen LogP contribution in [0.25, 0.3) is 6.08 Å². The lowest BCUT2D eigenvalue weighted by molar-refractivity contribution is -0.0818. The molecular weight excluding hydrogens is 243 g/mol. The molecule has 3 nitrogen and oxygen atoms in total. The second-order valence-electron chi connectivity index (χ2n) is 5.04. The molecule has 0 saturated carbocycles. The highest BCUT2D eigenvalue weighted by Gasteiger charge is 2.44. The van der Waals surface area contributed by atoms with Crippen molar-refractivity contribution in [3.63, 3.8) is 0 Å². The summed E-state index contributed by atoms with van der Waals surface area (Å²) in [6, 6.07) is 5.84. The Morgan fingerprint density at radius 3 is 2.84 bits per heavy atom. The van der Waals surface area contributed by atoms with Gasteiger partial charge in [-0.1, -0.05) is 18.2 Å². The number of rotatable bonds is 5. The molecule has 1 aromatic carbocycles. The first kappa shape index (κ1) is 14.0. The summed E-state index contributed by atoms with van der Waals surface area (Å²) >= 11 is 0. The number of nitrogens with one attached hydrogen (secondary N) is 1. The summed E-state index contributed by atoms with van der Waals surface area (Å²) in [6.07, 6.45) is 4.01. The van der Waals surface area contributed by atoms with Crippen LogP contribution in [0.15, 0.2) is 24.3 Å². The number of hydrogen-bond acceptors (Lipinski definition) is 3. The molecule has 0 aliphatic carbocycles. The minimum absolute atomic E-state index is 0.101. The number of halogens is 1. The molecule has 4 heteroatoms. The van der Waals surface area contributed by atoms with Crippen LogP contribution < -0.4 is 10.2 Å². The molecule has 1 N–H and O–H groups in total. The molecule has 0 radical (unpaired) electrons. The monoisotopic (exact) mass is 264 g/mol. The van der Waals surface area contributed by atoms with Crippen molar-refractivity contribution in [3.8, 4) is 5.75 Å². The lowest BCUT2D eigenvalue weighted by Gasteiger charge is -2.43. The Kier molecular flexibility index (Phi) is 4.22. The normalized spacial score (nSPS) is 18.5. The summed E-state index contributed by atoms with van der Waals surface area (Å²) in [6.45, 7) is 4.87. The van der Waals surface area contributed by atoms with Gasteiger partial charge in [-0.05, 0) is 44.2 Å². The fourth-order valence-corrected chi connectivity index (χ4v) is 2.17. The highest BCUT2D eigenvalue weighted by molar-refractivity contribution is 5.55. The molecule has 0 aromatic heterocycles.